The molecule has 23 heavy (non-hydrogen) atoms. The van der Waals surface area contributed by atoms with Crippen molar-refractivity contribution in [3.63, 3.8) is 0 Å². The molecule has 3 nitrogen and oxygen atoms in total. The first-order valence-electron chi connectivity index (χ1n) is 8.26. The van der Waals surface area contributed by atoms with Crippen molar-refractivity contribution in [2.24, 2.45) is 0 Å². The molecule has 1 fully saturated rings. The molecule has 0 spiro atoms. The average molecular weight is 329 g/mol. The second kappa shape index (κ2) is 6.16. The van der Waals surface area contributed by atoms with Gasteiger partial charge in [-0.25, -0.2) is 0 Å². The second-order valence-electron chi connectivity index (χ2n) is 6.42. The first kappa shape index (κ1) is 15.0. The average Bonchev–Trinajstić information content (AvgIpc) is 2.70. The van der Waals surface area contributed by atoms with Crippen molar-refractivity contribution >= 4 is 17.2 Å². The zero-order valence-electron chi connectivity index (χ0n) is 13.0. The summed E-state index contributed by atoms with van der Waals surface area (Å²) in [6.45, 7) is 2.04. The van der Waals surface area contributed by atoms with E-state index in [0.717, 1.165) is 37.1 Å². The van der Waals surface area contributed by atoms with Gasteiger partial charge in [0.15, 0.2) is 0 Å². The topological polar surface area (TPSA) is 44.3 Å². The third-order valence-corrected chi connectivity index (χ3v) is 5.24. The number of allylic oxidation sites excluding steroid dienone is 2. The van der Waals surface area contributed by atoms with Crippen LogP contribution in [0.2, 0.25) is 5.02 Å². The molecule has 120 valence electrons. The van der Waals surface area contributed by atoms with E-state index in [1.165, 1.54) is 16.7 Å². The van der Waals surface area contributed by atoms with Crippen LogP contribution in [0, 0.1) is 0 Å². The number of hydrogen-bond acceptors (Lipinski definition) is 3. The number of benzene rings is 1. The van der Waals surface area contributed by atoms with E-state index in [-0.39, 0.29) is 6.04 Å². The number of hydrogen-bond donors (Lipinski definition) is 3. The van der Waals surface area contributed by atoms with Crippen molar-refractivity contribution in [1.29, 1.82) is 0 Å². The number of piperidine rings is 1. The Kier molecular flexibility index (Phi) is 4.02. The highest BCUT2D eigenvalue weighted by Gasteiger charge is 2.32. The summed E-state index contributed by atoms with van der Waals surface area (Å²) in [4.78, 5) is 0. The predicted octanol–water partition coefficient (Wildman–Crippen LogP) is 3.33. The third kappa shape index (κ3) is 2.74. The Morgan fingerprint density at radius 2 is 2.00 bits per heavy atom. The number of aliphatic hydroxyl groups excluding tert-OH is 1. The van der Waals surface area contributed by atoms with Crippen LogP contribution in [0.3, 0.4) is 0 Å². The van der Waals surface area contributed by atoms with Gasteiger partial charge in [0.1, 0.15) is 0 Å². The number of halogens is 1. The van der Waals surface area contributed by atoms with Gasteiger partial charge in [-0.2, -0.15) is 0 Å². The van der Waals surface area contributed by atoms with Gasteiger partial charge in [0.25, 0.3) is 0 Å². The molecule has 1 aliphatic carbocycles. The van der Waals surface area contributed by atoms with Gasteiger partial charge in [-0.05, 0) is 72.6 Å². The first-order valence-corrected chi connectivity index (χ1v) is 8.64. The monoisotopic (exact) mass is 328 g/mol. The maximum Gasteiger partial charge on any atom is 0.0834 e. The lowest BCUT2D eigenvalue weighted by Gasteiger charge is -2.29. The van der Waals surface area contributed by atoms with Crippen LogP contribution < -0.4 is 10.6 Å². The highest BCUT2D eigenvalue weighted by molar-refractivity contribution is 6.30. The molecule has 3 aliphatic rings. The summed E-state index contributed by atoms with van der Waals surface area (Å²) >= 11 is 6.20. The van der Waals surface area contributed by atoms with E-state index < -0.39 is 6.10 Å². The minimum Gasteiger partial charge on any atom is -0.388 e. The molecule has 1 aromatic carbocycles. The molecular weight excluding hydrogens is 308 g/mol. The van der Waals surface area contributed by atoms with E-state index in [1.807, 2.05) is 24.4 Å². The van der Waals surface area contributed by atoms with E-state index in [2.05, 4.69) is 22.8 Å². The molecule has 4 rings (SSSR count). The van der Waals surface area contributed by atoms with E-state index in [0.29, 0.717) is 11.4 Å². The highest BCUT2D eigenvalue weighted by atomic mass is 35.5. The van der Waals surface area contributed by atoms with Crippen molar-refractivity contribution in [3.05, 3.63) is 63.8 Å². The molecule has 2 aliphatic heterocycles. The summed E-state index contributed by atoms with van der Waals surface area (Å²) in [6, 6.07) is 6.09. The van der Waals surface area contributed by atoms with Crippen LogP contribution in [0.4, 0.5) is 0 Å². The summed E-state index contributed by atoms with van der Waals surface area (Å²) in [5, 5.41) is 18.4. The van der Waals surface area contributed by atoms with Crippen LogP contribution in [-0.2, 0) is 0 Å². The molecule has 2 atom stereocenters. The molecule has 1 saturated heterocycles. The van der Waals surface area contributed by atoms with Gasteiger partial charge in [0.2, 0.25) is 0 Å². The van der Waals surface area contributed by atoms with Gasteiger partial charge in [-0.3, -0.25) is 0 Å². The van der Waals surface area contributed by atoms with Crippen molar-refractivity contribution < 1.29 is 5.11 Å². The Morgan fingerprint density at radius 1 is 1.17 bits per heavy atom. The Bertz CT molecular complexity index is 712. The number of aliphatic hydroxyl groups is 1. The Balaban J connectivity index is 1.93. The zero-order valence-corrected chi connectivity index (χ0v) is 13.7. The molecule has 0 saturated carbocycles. The minimum atomic E-state index is -0.509. The smallest absolute Gasteiger partial charge is 0.0834 e. The van der Waals surface area contributed by atoms with Crippen LogP contribution in [0.1, 0.15) is 36.5 Å². The summed E-state index contributed by atoms with van der Waals surface area (Å²) in [5.41, 5.74) is 6.17. The lowest BCUT2D eigenvalue weighted by molar-refractivity contribution is 0.178. The molecule has 1 aromatic rings. The van der Waals surface area contributed by atoms with E-state index in [9.17, 15) is 5.11 Å². The molecule has 0 radical (unpaired) electrons. The van der Waals surface area contributed by atoms with Gasteiger partial charge in [-0.1, -0.05) is 29.3 Å². The number of dihydropyridines is 1. The van der Waals surface area contributed by atoms with Crippen molar-refractivity contribution in [3.8, 4) is 0 Å². The van der Waals surface area contributed by atoms with Crippen molar-refractivity contribution in [2.75, 3.05) is 13.1 Å². The molecule has 4 heteroatoms. The van der Waals surface area contributed by atoms with E-state index in [1.54, 1.807) is 0 Å². The second-order valence-corrected chi connectivity index (χ2v) is 6.86. The fourth-order valence-corrected chi connectivity index (χ4v) is 4.10. The highest BCUT2D eigenvalue weighted by Crippen LogP contribution is 2.42. The van der Waals surface area contributed by atoms with Crippen LogP contribution in [0.15, 0.2) is 47.7 Å². The van der Waals surface area contributed by atoms with E-state index in [4.69, 9.17) is 11.6 Å². The normalized spacial score (nSPS) is 26.8. The maximum atomic E-state index is 10.7. The summed E-state index contributed by atoms with van der Waals surface area (Å²) in [5.74, 6) is 0. The Labute approximate surface area is 141 Å². The fourth-order valence-electron chi connectivity index (χ4n) is 3.92. The molecule has 2 unspecified atom stereocenters. The lowest BCUT2D eigenvalue weighted by Crippen LogP contribution is -2.32. The molecule has 0 bridgehead atoms. The molecule has 2 heterocycles. The van der Waals surface area contributed by atoms with Gasteiger partial charge in [-0.15, -0.1) is 0 Å². The van der Waals surface area contributed by atoms with Crippen LogP contribution in [0.25, 0.3) is 5.57 Å². The van der Waals surface area contributed by atoms with Crippen molar-refractivity contribution in [2.45, 2.75) is 31.4 Å². The molecular formula is C19H21ClN2O. The Hall–Kier alpha value is -1.55. The van der Waals surface area contributed by atoms with Crippen LogP contribution >= 0.6 is 11.6 Å². The standard InChI is InChI=1S/C19H21ClN2O/c20-14-3-4-15-16(11-14)17(23)10-13-2-1-7-22-19(13)18(15)12-5-8-21-9-6-12/h1-4,7,11,17,19,21-23H,5-6,8-10H2. The van der Waals surface area contributed by atoms with Crippen molar-refractivity contribution in [1.82, 2.24) is 10.6 Å². The first-order chi connectivity index (χ1) is 11.2. The maximum absolute atomic E-state index is 10.7. The van der Waals surface area contributed by atoms with E-state index >= 15 is 0 Å². The van der Waals surface area contributed by atoms with Crippen LogP contribution in [0.5, 0.6) is 0 Å². The fraction of sp³-hybridized carbons (Fsp3) is 0.368. The molecule has 0 amide bonds. The van der Waals surface area contributed by atoms with Gasteiger partial charge >= 0.3 is 0 Å². The predicted molar refractivity (Wildman–Crippen MR) is 94.2 cm³/mol. The quantitative estimate of drug-likeness (QED) is 0.684. The third-order valence-electron chi connectivity index (χ3n) is 5.01. The number of nitrogens with one attached hydrogen (secondary N) is 2. The molecule has 3 N–H and O–H groups in total. The lowest BCUT2D eigenvalue weighted by atomic mass is 9.85. The number of rotatable bonds is 0. The van der Waals surface area contributed by atoms with Crippen LogP contribution in [-0.4, -0.2) is 24.2 Å². The van der Waals surface area contributed by atoms with Gasteiger partial charge in [0, 0.05) is 11.4 Å². The SMILES string of the molecule is OC1CC2=CC=CNC2C(=C2CCNCC2)c2ccc(Cl)cc21. The summed E-state index contributed by atoms with van der Waals surface area (Å²) in [6.07, 6.45) is 8.41. The van der Waals surface area contributed by atoms with Gasteiger partial charge in [0.05, 0.1) is 12.1 Å². The minimum absolute atomic E-state index is 0.158. The largest absolute Gasteiger partial charge is 0.388 e. The molecule has 0 aromatic heterocycles. The Morgan fingerprint density at radius 3 is 2.83 bits per heavy atom. The zero-order chi connectivity index (χ0) is 15.8. The summed E-state index contributed by atoms with van der Waals surface area (Å²) in [7, 11) is 0. The summed E-state index contributed by atoms with van der Waals surface area (Å²) < 4.78 is 0. The van der Waals surface area contributed by atoms with Gasteiger partial charge < -0.3 is 15.7 Å². The number of fused-ring (bicyclic) bond motifs is 2.